The third-order valence-electron chi connectivity index (χ3n) is 4.90. The number of fused-ring (bicyclic) bond motifs is 5. The number of hydrogen-bond acceptors (Lipinski definition) is 2. The number of para-hydroxylation sites is 1. The Hall–Kier alpha value is -1.80. The molecule has 4 rings (SSSR count). The normalized spacial score (nSPS) is 21.8. The number of benzene rings is 2. The molecule has 1 unspecified atom stereocenters. The summed E-state index contributed by atoms with van der Waals surface area (Å²) in [6.07, 6.45) is 2.30. The van der Waals surface area contributed by atoms with E-state index < -0.39 is 0 Å². The van der Waals surface area contributed by atoms with Gasteiger partial charge in [-0.2, -0.15) is 0 Å². The van der Waals surface area contributed by atoms with E-state index in [4.69, 9.17) is 0 Å². The fraction of sp³-hybridized carbons (Fsp3) is 0.368. The van der Waals surface area contributed by atoms with Crippen LogP contribution < -0.4 is 4.90 Å². The molecule has 0 saturated carbocycles. The number of rotatable bonds is 0. The average Bonchev–Trinajstić information content (AvgIpc) is 2.76. The molecule has 0 bridgehead atoms. The second kappa shape index (κ2) is 5.19. The van der Waals surface area contributed by atoms with Crippen molar-refractivity contribution >= 4 is 5.69 Å². The molecule has 0 N–H and O–H groups in total. The van der Waals surface area contributed by atoms with Gasteiger partial charge in [-0.3, -0.25) is 0 Å². The van der Waals surface area contributed by atoms with E-state index >= 15 is 0 Å². The van der Waals surface area contributed by atoms with Crippen molar-refractivity contribution in [2.24, 2.45) is 0 Å². The van der Waals surface area contributed by atoms with Crippen molar-refractivity contribution in [3.05, 3.63) is 65.2 Å². The van der Waals surface area contributed by atoms with Crippen LogP contribution in [0.2, 0.25) is 0 Å². The predicted octanol–water partition coefficient (Wildman–Crippen LogP) is 3.47. The maximum Gasteiger partial charge on any atom is 0.0672 e. The standard InChI is InChI=1S/C19H22N2/c1-20-11-6-12-21-18-10-5-3-8-16(18)13-15-7-2-4-9-17(15)19(21)14-20/h2-5,7-10,19H,6,11-14H2,1H3. The van der Waals surface area contributed by atoms with E-state index in [1.165, 1.54) is 35.3 Å². The van der Waals surface area contributed by atoms with Gasteiger partial charge in [0.25, 0.3) is 0 Å². The molecule has 1 fully saturated rings. The first-order chi connectivity index (χ1) is 10.3. The summed E-state index contributed by atoms with van der Waals surface area (Å²) in [5.41, 5.74) is 5.92. The number of likely N-dealkylation sites (N-methyl/N-ethyl adjacent to an activating group) is 1. The van der Waals surface area contributed by atoms with Crippen LogP contribution in [-0.4, -0.2) is 31.6 Å². The molecule has 1 atom stereocenters. The maximum atomic E-state index is 2.64. The van der Waals surface area contributed by atoms with Crippen LogP contribution in [-0.2, 0) is 6.42 Å². The van der Waals surface area contributed by atoms with Gasteiger partial charge in [0, 0.05) is 18.8 Å². The summed E-state index contributed by atoms with van der Waals surface area (Å²) in [7, 11) is 2.25. The van der Waals surface area contributed by atoms with Crippen LogP contribution in [0.1, 0.15) is 29.2 Å². The predicted molar refractivity (Wildman–Crippen MR) is 87.9 cm³/mol. The van der Waals surface area contributed by atoms with Crippen molar-refractivity contribution in [1.29, 1.82) is 0 Å². The molecule has 2 aromatic rings. The number of anilines is 1. The molecule has 2 aliphatic heterocycles. The van der Waals surface area contributed by atoms with Gasteiger partial charge in [-0.25, -0.2) is 0 Å². The molecule has 2 heteroatoms. The van der Waals surface area contributed by atoms with E-state index in [-0.39, 0.29) is 0 Å². The van der Waals surface area contributed by atoms with Gasteiger partial charge >= 0.3 is 0 Å². The third-order valence-corrected chi connectivity index (χ3v) is 4.90. The van der Waals surface area contributed by atoms with Crippen LogP contribution in [0.4, 0.5) is 5.69 Å². The topological polar surface area (TPSA) is 6.48 Å². The lowest BCUT2D eigenvalue weighted by Gasteiger charge is -2.33. The Morgan fingerprint density at radius 3 is 2.57 bits per heavy atom. The Balaban J connectivity index is 1.90. The zero-order chi connectivity index (χ0) is 14.2. The summed E-state index contributed by atoms with van der Waals surface area (Å²) >= 11 is 0. The summed E-state index contributed by atoms with van der Waals surface area (Å²) in [6, 6.07) is 18.4. The van der Waals surface area contributed by atoms with E-state index in [2.05, 4.69) is 65.4 Å². The molecule has 0 aromatic heterocycles. The van der Waals surface area contributed by atoms with Crippen molar-refractivity contribution < 1.29 is 0 Å². The number of nitrogens with zero attached hydrogens (tertiary/aromatic N) is 2. The van der Waals surface area contributed by atoms with E-state index in [1.54, 1.807) is 0 Å². The molecule has 0 spiro atoms. The molecule has 2 heterocycles. The summed E-state index contributed by atoms with van der Waals surface area (Å²) in [6.45, 7) is 3.46. The van der Waals surface area contributed by atoms with Crippen molar-refractivity contribution in [3.8, 4) is 0 Å². The van der Waals surface area contributed by atoms with Crippen molar-refractivity contribution in [2.45, 2.75) is 18.9 Å². The highest BCUT2D eigenvalue weighted by atomic mass is 15.2. The van der Waals surface area contributed by atoms with Gasteiger partial charge in [-0.1, -0.05) is 42.5 Å². The largest absolute Gasteiger partial charge is 0.363 e. The minimum atomic E-state index is 0.484. The average molecular weight is 278 g/mol. The first-order valence-electron chi connectivity index (χ1n) is 7.94. The van der Waals surface area contributed by atoms with Crippen LogP contribution >= 0.6 is 0 Å². The highest BCUT2D eigenvalue weighted by Crippen LogP contribution is 2.38. The van der Waals surface area contributed by atoms with Crippen LogP contribution in [0.15, 0.2) is 48.5 Å². The van der Waals surface area contributed by atoms with Gasteiger partial charge in [0.05, 0.1) is 6.04 Å². The second-order valence-electron chi connectivity index (χ2n) is 6.33. The molecular weight excluding hydrogens is 256 g/mol. The van der Waals surface area contributed by atoms with Gasteiger partial charge in [0.15, 0.2) is 0 Å². The minimum absolute atomic E-state index is 0.484. The first kappa shape index (κ1) is 12.9. The number of hydrogen-bond donors (Lipinski definition) is 0. The monoisotopic (exact) mass is 278 g/mol. The van der Waals surface area contributed by atoms with Gasteiger partial charge in [0.2, 0.25) is 0 Å². The SMILES string of the molecule is CN1CCCN2c3ccccc3Cc3ccccc3C2C1. The summed E-state index contributed by atoms with van der Waals surface area (Å²) < 4.78 is 0. The molecule has 2 aromatic carbocycles. The maximum absolute atomic E-state index is 2.64. The van der Waals surface area contributed by atoms with E-state index in [1.807, 2.05) is 0 Å². The fourth-order valence-corrected chi connectivity index (χ4v) is 3.87. The zero-order valence-electron chi connectivity index (χ0n) is 12.6. The van der Waals surface area contributed by atoms with Crippen molar-refractivity contribution in [1.82, 2.24) is 4.90 Å². The smallest absolute Gasteiger partial charge is 0.0672 e. The molecule has 2 nitrogen and oxygen atoms in total. The van der Waals surface area contributed by atoms with Crippen molar-refractivity contribution in [3.63, 3.8) is 0 Å². The molecule has 0 amide bonds. The fourth-order valence-electron chi connectivity index (χ4n) is 3.87. The summed E-state index contributed by atoms with van der Waals surface area (Å²) in [5, 5.41) is 0. The lowest BCUT2D eigenvalue weighted by atomic mass is 9.97. The van der Waals surface area contributed by atoms with Crippen LogP contribution in [0, 0.1) is 0 Å². The highest BCUT2D eigenvalue weighted by molar-refractivity contribution is 5.60. The van der Waals surface area contributed by atoms with Crippen molar-refractivity contribution in [2.75, 3.05) is 31.6 Å². The zero-order valence-corrected chi connectivity index (χ0v) is 12.6. The van der Waals surface area contributed by atoms with Gasteiger partial charge < -0.3 is 9.80 Å². The Kier molecular flexibility index (Phi) is 3.19. The quantitative estimate of drug-likeness (QED) is 0.728. The van der Waals surface area contributed by atoms with Gasteiger partial charge in [0.1, 0.15) is 0 Å². The molecule has 0 aliphatic carbocycles. The molecule has 108 valence electrons. The van der Waals surface area contributed by atoms with E-state index in [0.29, 0.717) is 6.04 Å². The minimum Gasteiger partial charge on any atom is -0.363 e. The van der Waals surface area contributed by atoms with E-state index in [0.717, 1.165) is 19.5 Å². The Bertz CT molecular complexity index is 650. The Morgan fingerprint density at radius 1 is 0.905 bits per heavy atom. The van der Waals surface area contributed by atoms with E-state index in [9.17, 15) is 0 Å². The molecule has 0 radical (unpaired) electrons. The van der Waals surface area contributed by atoms with Crippen LogP contribution in [0.25, 0.3) is 0 Å². The lowest BCUT2D eigenvalue weighted by molar-refractivity contribution is 0.333. The Labute approximate surface area is 127 Å². The van der Waals surface area contributed by atoms with Gasteiger partial charge in [-0.05, 0) is 49.2 Å². The van der Waals surface area contributed by atoms with Crippen LogP contribution in [0.3, 0.4) is 0 Å². The second-order valence-corrected chi connectivity index (χ2v) is 6.33. The third kappa shape index (κ3) is 2.24. The molecule has 2 aliphatic rings. The molecule has 1 saturated heterocycles. The van der Waals surface area contributed by atoms with Crippen LogP contribution in [0.5, 0.6) is 0 Å². The summed E-state index contributed by atoms with van der Waals surface area (Å²) in [4.78, 5) is 5.13. The highest BCUT2D eigenvalue weighted by Gasteiger charge is 2.30. The Morgan fingerprint density at radius 2 is 1.67 bits per heavy atom. The molecule has 21 heavy (non-hydrogen) atoms. The molecular formula is C19H22N2. The first-order valence-corrected chi connectivity index (χ1v) is 7.94. The lowest BCUT2D eigenvalue weighted by Crippen LogP contribution is -2.33. The van der Waals surface area contributed by atoms with Gasteiger partial charge in [-0.15, -0.1) is 0 Å². The summed E-state index contributed by atoms with van der Waals surface area (Å²) in [5.74, 6) is 0.